The van der Waals surface area contributed by atoms with Crippen molar-refractivity contribution < 1.29 is 13.6 Å². The number of aromatic nitrogens is 2. The summed E-state index contributed by atoms with van der Waals surface area (Å²) in [5.41, 5.74) is 10.6. The third kappa shape index (κ3) is 6.08. The molecule has 0 bridgehead atoms. The van der Waals surface area contributed by atoms with Crippen molar-refractivity contribution in [3.63, 3.8) is 0 Å². The van der Waals surface area contributed by atoms with Crippen LogP contribution in [0.25, 0.3) is 33.2 Å². The van der Waals surface area contributed by atoms with Crippen LogP contribution in [-0.2, 0) is 0 Å². The van der Waals surface area contributed by atoms with Crippen LogP contribution in [0.4, 0.5) is 20.3 Å². The molecule has 5 aromatic rings. The first-order valence-corrected chi connectivity index (χ1v) is 14.5. The van der Waals surface area contributed by atoms with Crippen LogP contribution in [0.5, 0.6) is 0 Å². The fraction of sp³-hybridized carbons (Fsp3) is 0.156. The second-order valence-corrected chi connectivity index (χ2v) is 11.3. The van der Waals surface area contributed by atoms with Crippen LogP contribution in [0.3, 0.4) is 0 Å². The zero-order valence-corrected chi connectivity index (χ0v) is 24.1. The average Bonchev–Trinajstić information content (AvgIpc) is 3.01. The summed E-state index contributed by atoms with van der Waals surface area (Å²) in [6.07, 6.45) is 1.60. The molecule has 0 saturated carbocycles. The Morgan fingerprint density at radius 3 is 2.42 bits per heavy atom. The van der Waals surface area contributed by atoms with Gasteiger partial charge in [-0.3, -0.25) is 9.59 Å². The summed E-state index contributed by atoms with van der Waals surface area (Å²) in [5.74, 6) is -1.01. The fourth-order valence-corrected chi connectivity index (χ4v) is 5.64. The van der Waals surface area contributed by atoms with Crippen molar-refractivity contribution in [2.45, 2.75) is 4.90 Å². The number of nitrogens with one attached hydrogen (secondary N) is 2. The molecule has 6 rings (SSSR count). The number of anilines is 2. The molecule has 1 aliphatic heterocycles. The van der Waals surface area contributed by atoms with E-state index in [1.54, 1.807) is 12.3 Å². The molecule has 1 amide bonds. The largest absolute Gasteiger partial charge is 0.383 e. The molecule has 43 heavy (non-hydrogen) atoms. The summed E-state index contributed by atoms with van der Waals surface area (Å²) in [6, 6.07) is 19.9. The summed E-state index contributed by atoms with van der Waals surface area (Å²) in [4.78, 5) is 37.0. The SMILES string of the molecule is CN1CCN(C(=O)c2ccc(-c3cc4cc(-c5c[nH]c(=O)c(NSc6ccc(F)cc6F)c5)ccc4nc3N)cc2)CC1. The lowest BCUT2D eigenvalue weighted by molar-refractivity contribution is 0.0664. The van der Waals surface area contributed by atoms with Gasteiger partial charge in [0.15, 0.2) is 0 Å². The number of likely N-dealkylation sites (N-methyl/N-ethyl adjacent to an activating group) is 1. The van der Waals surface area contributed by atoms with E-state index in [9.17, 15) is 18.4 Å². The molecule has 4 N–H and O–H groups in total. The Hall–Kier alpha value is -4.74. The number of hydrogen-bond donors (Lipinski definition) is 3. The number of carbonyl (C=O) groups excluding carboxylic acids is 1. The molecule has 1 saturated heterocycles. The van der Waals surface area contributed by atoms with Gasteiger partial charge in [0.1, 0.15) is 23.1 Å². The number of fused-ring (bicyclic) bond motifs is 1. The Bertz CT molecular complexity index is 1890. The quantitative estimate of drug-likeness (QED) is 0.218. The van der Waals surface area contributed by atoms with Gasteiger partial charge in [0.2, 0.25) is 0 Å². The lowest BCUT2D eigenvalue weighted by atomic mass is 10.00. The van der Waals surface area contributed by atoms with Crippen LogP contribution in [0.2, 0.25) is 0 Å². The van der Waals surface area contributed by atoms with Gasteiger partial charge in [-0.2, -0.15) is 0 Å². The molecule has 0 aliphatic carbocycles. The minimum atomic E-state index is -0.724. The first-order chi connectivity index (χ1) is 20.7. The van der Waals surface area contributed by atoms with Gasteiger partial charge in [-0.05, 0) is 78.7 Å². The molecule has 1 fully saturated rings. The summed E-state index contributed by atoms with van der Waals surface area (Å²) < 4.78 is 30.2. The number of nitrogens with zero attached hydrogens (tertiary/aromatic N) is 3. The normalized spacial score (nSPS) is 13.8. The molecule has 1 aliphatic rings. The molecule has 0 atom stereocenters. The van der Waals surface area contributed by atoms with Crippen LogP contribution in [0.1, 0.15) is 10.4 Å². The van der Waals surface area contributed by atoms with E-state index < -0.39 is 11.6 Å². The molecule has 2 aromatic heterocycles. The van der Waals surface area contributed by atoms with E-state index in [0.717, 1.165) is 59.2 Å². The number of amides is 1. The summed E-state index contributed by atoms with van der Waals surface area (Å²) >= 11 is 0.880. The fourth-order valence-electron chi connectivity index (χ4n) is 4.98. The van der Waals surface area contributed by atoms with Crippen molar-refractivity contribution in [1.29, 1.82) is 0 Å². The highest BCUT2D eigenvalue weighted by Gasteiger charge is 2.20. The minimum absolute atomic E-state index is 0.0184. The van der Waals surface area contributed by atoms with Gasteiger partial charge in [-0.25, -0.2) is 13.8 Å². The number of benzene rings is 3. The number of nitrogens with two attached hydrogens (primary N) is 1. The molecule has 0 radical (unpaired) electrons. The van der Waals surface area contributed by atoms with E-state index in [4.69, 9.17) is 5.73 Å². The molecule has 3 heterocycles. The van der Waals surface area contributed by atoms with Gasteiger partial charge in [-0.1, -0.05) is 18.2 Å². The maximum Gasteiger partial charge on any atom is 0.272 e. The minimum Gasteiger partial charge on any atom is -0.383 e. The summed E-state index contributed by atoms with van der Waals surface area (Å²) in [5, 5.41) is 0.836. The summed E-state index contributed by atoms with van der Waals surface area (Å²) in [7, 11) is 2.05. The highest BCUT2D eigenvalue weighted by Crippen LogP contribution is 2.32. The molecule has 218 valence electrons. The molecular formula is C32H28F2N6O2S. The number of H-pyrrole nitrogens is 1. The number of nitrogen functional groups attached to an aromatic ring is 1. The van der Waals surface area contributed by atoms with E-state index in [0.29, 0.717) is 35.6 Å². The van der Waals surface area contributed by atoms with Crippen LogP contribution in [0.15, 0.2) is 88.7 Å². The Kier molecular flexibility index (Phi) is 7.83. The third-order valence-corrected chi connectivity index (χ3v) is 8.35. The van der Waals surface area contributed by atoms with Gasteiger partial charge in [0.25, 0.3) is 11.5 Å². The van der Waals surface area contributed by atoms with Crippen molar-refractivity contribution in [2.75, 3.05) is 43.7 Å². The lowest BCUT2D eigenvalue weighted by Crippen LogP contribution is -2.47. The number of carbonyl (C=O) groups is 1. The highest BCUT2D eigenvalue weighted by atomic mass is 32.2. The zero-order chi connectivity index (χ0) is 30.1. The van der Waals surface area contributed by atoms with E-state index in [1.165, 1.54) is 6.07 Å². The van der Waals surface area contributed by atoms with Crippen molar-refractivity contribution in [1.82, 2.24) is 19.8 Å². The Morgan fingerprint density at radius 1 is 0.930 bits per heavy atom. The Balaban J connectivity index is 1.25. The number of piperazine rings is 1. The molecule has 3 aromatic carbocycles. The maximum atomic E-state index is 14.1. The van der Waals surface area contributed by atoms with Crippen LogP contribution in [0, 0.1) is 11.6 Å². The number of pyridine rings is 2. The predicted molar refractivity (Wildman–Crippen MR) is 167 cm³/mol. The second-order valence-electron chi connectivity index (χ2n) is 10.4. The topological polar surface area (TPSA) is 107 Å². The van der Waals surface area contributed by atoms with E-state index >= 15 is 0 Å². The van der Waals surface area contributed by atoms with Crippen LogP contribution < -0.4 is 16.0 Å². The smallest absolute Gasteiger partial charge is 0.272 e. The third-order valence-electron chi connectivity index (χ3n) is 7.48. The van der Waals surface area contributed by atoms with Gasteiger partial charge < -0.3 is 25.2 Å². The second kappa shape index (κ2) is 11.9. The summed E-state index contributed by atoms with van der Waals surface area (Å²) in [6.45, 7) is 3.13. The standard InChI is InChI=1S/C32H28F2N6O2S/c1-39-10-12-40(13-11-39)32(42)20-4-2-19(3-5-20)25-15-22-14-21(6-8-27(22)37-30(25)35)23-16-28(31(41)36-18-23)38-43-29-9-7-24(33)17-26(29)34/h2-9,14-18,38H,10-13H2,1H3,(H2,35,37)(H,36,41). The van der Waals surface area contributed by atoms with Crippen molar-refractivity contribution >= 4 is 40.3 Å². The van der Waals surface area contributed by atoms with Gasteiger partial charge in [0, 0.05) is 60.5 Å². The first kappa shape index (κ1) is 28.4. The monoisotopic (exact) mass is 598 g/mol. The number of halogens is 2. The predicted octanol–water partition coefficient (Wildman–Crippen LogP) is 5.62. The maximum absolute atomic E-state index is 14.1. The Labute approximate surface area is 250 Å². The van der Waals surface area contributed by atoms with Crippen molar-refractivity contribution in [3.05, 3.63) is 107 Å². The van der Waals surface area contributed by atoms with Gasteiger partial charge in [-0.15, -0.1) is 0 Å². The molecule has 11 heteroatoms. The van der Waals surface area contributed by atoms with Crippen LogP contribution in [-0.4, -0.2) is 58.9 Å². The van der Waals surface area contributed by atoms with Crippen molar-refractivity contribution in [3.8, 4) is 22.3 Å². The molecule has 0 unspecified atom stereocenters. The number of hydrogen-bond acceptors (Lipinski definition) is 7. The van der Waals surface area contributed by atoms with Gasteiger partial charge in [0.05, 0.1) is 10.4 Å². The lowest BCUT2D eigenvalue weighted by Gasteiger charge is -2.32. The highest BCUT2D eigenvalue weighted by molar-refractivity contribution is 8.00. The first-order valence-electron chi connectivity index (χ1n) is 13.6. The van der Waals surface area contributed by atoms with Gasteiger partial charge >= 0.3 is 0 Å². The van der Waals surface area contributed by atoms with E-state index in [2.05, 4.69) is 26.6 Å². The molecule has 0 spiro atoms. The molecule has 8 nitrogen and oxygen atoms in total. The van der Waals surface area contributed by atoms with Crippen LogP contribution >= 0.6 is 11.9 Å². The van der Waals surface area contributed by atoms with Crippen molar-refractivity contribution in [2.24, 2.45) is 0 Å². The van der Waals surface area contributed by atoms with E-state index in [-0.39, 0.29) is 22.0 Å². The average molecular weight is 599 g/mol. The number of aromatic amines is 1. The zero-order valence-electron chi connectivity index (χ0n) is 23.2. The molecular weight excluding hydrogens is 570 g/mol. The van der Waals surface area contributed by atoms with E-state index in [1.807, 2.05) is 53.4 Å². The Morgan fingerprint density at radius 2 is 1.67 bits per heavy atom. The number of rotatable bonds is 6.